The van der Waals surface area contributed by atoms with Crippen LogP contribution in [0.15, 0.2) is 6.07 Å². The molecule has 0 radical (unpaired) electrons. The highest BCUT2D eigenvalue weighted by Crippen LogP contribution is 2.31. The average molecular weight is 290 g/mol. The van der Waals surface area contributed by atoms with Crippen molar-refractivity contribution in [3.05, 3.63) is 11.9 Å². The molecular formula is C12H17F3N4O. The van der Waals surface area contributed by atoms with Gasteiger partial charge in [-0.05, 0) is 19.8 Å². The van der Waals surface area contributed by atoms with Crippen molar-refractivity contribution in [3.63, 3.8) is 0 Å². The lowest BCUT2D eigenvalue weighted by Crippen LogP contribution is -2.47. The van der Waals surface area contributed by atoms with Crippen LogP contribution in [0.5, 0.6) is 0 Å². The number of anilines is 2. The molecule has 0 bridgehead atoms. The van der Waals surface area contributed by atoms with Gasteiger partial charge in [-0.1, -0.05) is 0 Å². The number of hydrogen-bond acceptors (Lipinski definition) is 5. The minimum absolute atomic E-state index is 0.188. The van der Waals surface area contributed by atoms with Crippen LogP contribution in [0.4, 0.5) is 24.8 Å². The minimum Gasteiger partial charge on any atom is -0.384 e. The summed E-state index contributed by atoms with van der Waals surface area (Å²) in [6, 6.07) is 1.36. The normalized spacial score (nSPS) is 23.9. The molecule has 5 nitrogen and oxygen atoms in total. The van der Waals surface area contributed by atoms with Gasteiger partial charge in [0.2, 0.25) is 5.82 Å². The number of alkyl halides is 3. The lowest BCUT2D eigenvalue weighted by molar-refractivity contribution is -0.144. The van der Waals surface area contributed by atoms with E-state index in [1.54, 1.807) is 12.0 Å². The molecule has 20 heavy (non-hydrogen) atoms. The zero-order valence-corrected chi connectivity index (χ0v) is 11.4. The summed E-state index contributed by atoms with van der Waals surface area (Å²) in [7, 11) is 1.60. The van der Waals surface area contributed by atoms with Gasteiger partial charge in [-0.3, -0.25) is 0 Å². The highest BCUT2D eigenvalue weighted by molar-refractivity contribution is 5.48. The first kappa shape index (κ1) is 14.8. The third-order valence-electron chi connectivity index (χ3n) is 3.46. The third-order valence-corrected chi connectivity index (χ3v) is 3.46. The van der Waals surface area contributed by atoms with Gasteiger partial charge in [-0.2, -0.15) is 13.2 Å². The van der Waals surface area contributed by atoms with Crippen LogP contribution >= 0.6 is 0 Å². The first-order chi connectivity index (χ1) is 9.23. The Labute approximate surface area is 114 Å². The summed E-state index contributed by atoms with van der Waals surface area (Å²) in [5.74, 6) is -1.21. The van der Waals surface area contributed by atoms with E-state index in [2.05, 4.69) is 9.97 Å². The van der Waals surface area contributed by atoms with Gasteiger partial charge in [0.15, 0.2) is 0 Å². The molecule has 1 aromatic heterocycles. The van der Waals surface area contributed by atoms with Crippen molar-refractivity contribution in [2.45, 2.75) is 31.5 Å². The maximum Gasteiger partial charge on any atom is 0.451 e. The van der Waals surface area contributed by atoms with Gasteiger partial charge in [-0.25, -0.2) is 9.97 Å². The first-order valence-electron chi connectivity index (χ1n) is 6.25. The van der Waals surface area contributed by atoms with Crippen molar-refractivity contribution in [3.8, 4) is 0 Å². The molecule has 0 aromatic carbocycles. The summed E-state index contributed by atoms with van der Waals surface area (Å²) < 4.78 is 43.5. The number of methoxy groups -OCH3 is 1. The number of nitrogens with zero attached hydrogens (tertiary/aromatic N) is 3. The van der Waals surface area contributed by atoms with E-state index < -0.39 is 17.6 Å². The summed E-state index contributed by atoms with van der Waals surface area (Å²) in [4.78, 5) is 8.57. The fraction of sp³-hybridized carbons (Fsp3) is 0.667. The molecule has 2 rings (SSSR count). The molecule has 0 saturated carbocycles. The van der Waals surface area contributed by atoms with Crippen LogP contribution in [0.2, 0.25) is 0 Å². The molecule has 1 unspecified atom stereocenters. The van der Waals surface area contributed by atoms with Crippen LogP contribution < -0.4 is 10.6 Å². The van der Waals surface area contributed by atoms with E-state index in [4.69, 9.17) is 10.5 Å². The molecular weight excluding hydrogens is 273 g/mol. The van der Waals surface area contributed by atoms with Gasteiger partial charge in [0.1, 0.15) is 11.6 Å². The molecule has 0 amide bonds. The first-order valence-corrected chi connectivity index (χ1v) is 6.25. The van der Waals surface area contributed by atoms with Gasteiger partial charge >= 0.3 is 6.18 Å². The third kappa shape index (κ3) is 3.12. The van der Waals surface area contributed by atoms with Crippen molar-refractivity contribution in [2.24, 2.45) is 0 Å². The summed E-state index contributed by atoms with van der Waals surface area (Å²) in [5, 5.41) is 0. The molecule has 1 aliphatic heterocycles. The molecule has 0 aliphatic carbocycles. The van der Waals surface area contributed by atoms with Crippen molar-refractivity contribution < 1.29 is 17.9 Å². The average Bonchev–Trinajstić information content (AvgIpc) is 2.37. The van der Waals surface area contributed by atoms with E-state index in [0.717, 1.165) is 12.8 Å². The maximum atomic E-state index is 12.7. The van der Waals surface area contributed by atoms with E-state index >= 15 is 0 Å². The van der Waals surface area contributed by atoms with Crippen LogP contribution in [0, 0.1) is 0 Å². The summed E-state index contributed by atoms with van der Waals surface area (Å²) >= 11 is 0. The largest absolute Gasteiger partial charge is 0.451 e. The number of nitrogens with two attached hydrogens (primary N) is 1. The monoisotopic (exact) mass is 290 g/mol. The SMILES string of the molecule is COC1(C)CCCN(c2cc(N)nc(C(F)(F)F)n2)C1. The zero-order chi connectivity index (χ0) is 15.0. The number of hydrogen-bond donors (Lipinski definition) is 1. The van der Waals surface area contributed by atoms with Gasteiger partial charge in [0.25, 0.3) is 0 Å². The topological polar surface area (TPSA) is 64.3 Å². The second-order valence-electron chi connectivity index (χ2n) is 5.15. The molecule has 1 atom stereocenters. The fourth-order valence-electron chi connectivity index (χ4n) is 2.31. The second-order valence-corrected chi connectivity index (χ2v) is 5.15. The van der Waals surface area contributed by atoms with E-state index in [0.29, 0.717) is 13.1 Å². The van der Waals surface area contributed by atoms with Gasteiger partial charge in [0, 0.05) is 26.3 Å². The number of nitrogen functional groups attached to an aromatic ring is 1. The van der Waals surface area contributed by atoms with Crippen molar-refractivity contribution in [1.29, 1.82) is 0 Å². The Balaban J connectivity index is 2.31. The van der Waals surface area contributed by atoms with E-state index in [1.165, 1.54) is 6.07 Å². The molecule has 8 heteroatoms. The predicted molar refractivity (Wildman–Crippen MR) is 68.3 cm³/mol. The van der Waals surface area contributed by atoms with E-state index in [-0.39, 0.29) is 11.6 Å². The number of rotatable bonds is 2. The standard InChI is InChI=1S/C12H17F3N4O/c1-11(20-2)4-3-5-19(7-11)9-6-8(16)17-10(18-9)12(13,14)15/h6H,3-5,7H2,1-2H3,(H2,16,17,18). The summed E-state index contributed by atoms with van der Waals surface area (Å²) in [5.41, 5.74) is 5.06. The fourth-order valence-corrected chi connectivity index (χ4v) is 2.31. The molecule has 1 aromatic rings. The highest BCUT2D eigenvalue weighted by atomic mass is 19.4. The van der Waals surface area contributed by atoms with Crippen LogP contribution in [-0.2, 0) is 10.9 Å². The molecule has 112 valence electrons. The Morgan fingerprint density at radius 1 is 1.40 bits per heavy atom. The predicted octanol–water partition coefficient (Wildman–Crippen LogP) is 2.08. The number of halogens is 3. The van der Waals surface area contributed by atoms with Gasteiger partial charge < -0.3 is 15.4 Å². The lowest BCUT2D eigenvalue weighted by atomic mass is 9.95. The molecule has 0 spiro atoms. The quantitative estimate of drug-likeness (QED) is 0.903. The van der Waals surface area contributed by atoms with E-state index in [9.17, 15) is 13.2 Å². The minimum atomic E-state index is -4.61. The Hall–Kier alpha value is -1.57. The van der Waals surface area contributed by atoms with Gasteiger partial charge in [-0.15, -0.1) is 0 Å². The molecule has 1 saturated heterocycles. The zero-order valence-electron chi connectivity index (χ0n) is 11.4. The number of ether oxygens (including phenoxy) is 1. The number of aromatic nitrogens is 2. The van der Waals surface area contributed by atoms with E-state index in [1.807, 2.05) is 6.92 Å². The number of piperidine rings is 1. The van der Waals surface area contributed by atoms with Crippen LogP contribution in [-0.4, -0.2) is 35.8 Å². The van der Waals surface area contributed by atoms with Crippen LogP contribution in [0.25, 0.3) is 0 Å². The van der Waals surface area contributed by atoms with Crippen molar-refractivity contribution >= 4 is 11.6 Å². The smallest absolute Gasteiger partial charge is 0.384 e. The maximum absolute atomic E-state index is 12.7. The van der Waals surface area contributed by atoms with Crippen LogP contribution in [0.1, 0.15) is 25.6 Å². The Morgan fingerprint density at radius 3 is 2.70 bits per heavy atom. The second kappa shape index (κ2) is 5.08. The lowest BCUT2D eigenvalue weighted by Gasteiger charge is -2.40. The van der Waals surface area contributed by atoms with Crippen molar-refractivity contribution in [2.75, 3.05) is 30.8 Å². The van der Waals surface area contributed by atoms with Crippen molar-refractivity contribution in [1.82, 2.24) is 9.97 Å². The molecule has 1 fully saturated rings. The van der Waals surface area contributed by atoms with Gasteiger partial charge in [0.05, 0.1) is 5.60 Å². The Morgan fingerprint density at radius 2 is 2.10 bits per heavy atom. The highest BCUT2D eigenvalue weighted by Gasteiger charge is 2.37. The summed E-state index contributed by atoms with van der Waals surface area (Å²) in [6.45, 7) is 3.01. The molecule has 1 aliphatic rings. The Bertz CT molecular complexity index is 494. The van der Waals surface area contributed by atoms with Crippen LogP contribution in [0.3, 0.4) is 0 Å². The summed E-state index contributed by atoms with van der Waals surface area (Å²) in [6.07, 6.45) is -2.94. The Kier molecular flexibility index (Phi) is 3.77. The molecule has 2 heterocycles. The molecule has 2 N–H and O–H groups in total.